The number of carbonyl (C=O) groups excluding carboxylic acids is 1. The van der Waals surface area contributed by atoms with Gasteiger partial charge >= 0.3 is 0 Å². The number of hydrogen-bond acceptors (Lipinski definition) is 8. The first kappa shape index (κ1) is 19.4. The van der Waals surface area contributed by atoms with E-state index in [9.17, 15) is 13.2 Å². The molecular formula is C17H18N4O6S. The maximum absolute atomic E-state index is 12.8. The van der Waals surface area contributed by atoms with E-state index in [-0.39, 0.29) is 24.0 Å². The fraction of sp³-hybridized carbons (Fsp3) is 0.235. The van der Waals surface area contributed by atoms with Crippen molar-refractivity contribution >= 4 is 21.6 Å². The van der Waals surface area contributed by atoms with Crippen molar-refractivity contribution in [2.45, 2.75) is 6.54 Å². The molecule has 0 bridgehead atoms. The summed E-state index contributed by atoms with van der Waals surface area (Å²) >= 11 is 0. The molecule has 0 saturated carbocycles. The van der Waals surface area contributed by atoms with Crippen LogP contribution in [0, 0.1) is 0 Å². The molecule has 3 aromatic heterocycles. The van der Waals surface area contributed by atoms with E-state index in [4.69, 9.17) is 13.9 Å². The fourth-order valence-electron chi connectivity index (χ4n) is 2.54. The van der Waals surface area contributed by atoms with E-state index in [2.05, 4.69) is 10.1 Å². The molecule has 0 aliphatic rings. The molecule has 10 nitrogen and oxygen atoms in total. The summed E-state index contributed by atoms with van der Waals surface area (Å²) in [5, 5.41) is 4.23. The van der Waals surface area contributed by atoms with Gasteiger partial charge in [-0.2, -0.15) is 14.4 Å². The van der Waals surface area contributed by atoms with Gasteiger partial charge in [0.2, 0.25) is 21.8 Å². The molecule has 1 amide bonds. The van der Waals surface area contributed by atoms with Crippen molar-refractivity contribution in [1.29, 1.82) is 0 Å². The van der Waals surface area contributed by atoms with Gasteiger partial charge in [-0.25, -0.2) is 8.42 Å². The third kappa shape index (κ3) is 3.98. The Hall–Kier alpha value is -3.34. The zero-order valence-electron chi connectivity index (χ0n) is 15.4. The maximum Gasteiger partial charge on any atom is 0.262 e. The highest BCUT2D eigenvalue weighted by Gasteiger charge is 2.29. The molecule has 0 aliphatic heterocycles. The van der Waals surface area contributed by atoms with Gasteiger partial charge in [0.05, 0.1) is 26.7 Å². The molecule has 3 rings (SSSR count). The highest BCUT2D eigenvalue weighted by Crippen LogP contribution is 2.30. The molecule has 0 fully saturated rings. The summed E-state index contributed by atoms with van der Waals surface area (Å²) in [6, 6.07) is 7.93. The van der Waals surface area contributed by atoms with Crippen LogP contribution in [-0.4, -0.2) is 49.6 Å². The first-order valence-corrected chi connectivity index (χ1v) is 9.88. The molecule has 0 N–H and O–H groups in total. The van der Waals surface area contributed by atoms with E-state index in [1.165, 1.54) is 37.3 Å². The van der Waals surface area contributed by atoms with E-state index in [1.54, 1.807) is 24.4 Å². The summed E-state index contributed by atoms with van der Waals surface area (Å²) < 4.78 is 42.0. The Morgan fingerprint density at radius 2 is 2.00 bits per heavy atom. The number of aromatic nitrogens is 3. The lowest BCUT2D eigenvalue weighted by Gasteiger charge is -2.22. The monoisotopic (exact) mass is 406 g/mol. The molecule has 11 heteroatoms. The summed E-state index contributed by atoms with van der Waals surface area (Å²) in [5.41, 5.74) is 0.501. The second-order valence-corrected chi connectivity index (χ2v) is 7.51. The number of rotatable bonds is 7. The van der Waals surface area contributed by atoms with E-state index in [1.807, 2.05) is 0 Å². The van der Waals surface area contributed by atoms with Crippen LogP contribution >= 0.6 is 0 Å². The van der Waals surface area contributed by atoms with Crippen molar-refractivity contribution in [1.82, 2.24) is 14.8 Å². The van der Waals surface area contributed by atoms with E-state index in [0.717, 1.165) is 6.26 Å². The number of methoxy groups -OCH3 is 2. The average molecular weight is 406 g/mol. The van der Waals surface area contributed by atoms with Gasteiger partial charge in [0.25, 0.3) is 5.91 Å². The standard InChI is InChI=1S/C17H18N4O6S/c1-25-15-7-6-13(17(18-15)26-2)21(28(3,23)24)16(22)11-20-9-8-12(19-20)14-5-4-10-27-14/h4-10H,11H2,1-3H3. The minimum absolute atomic E-state index is 0.0192. The van der Waals surface area contributed by atoms with Crippen LogP contribution in [0.2, 0.25) is 0 Å². The molecule has 0 aliphatic carbocycles. The minimum atomic E-state index is -3.96. The van der Waals surface area contributed by atoms with Gasteiger partial charge in [0.15, 0.2) is 5.76 Å². The lowest BCUT2D eigenvalue weighted by atomic mass is 10.3. The zero-order valence-corrected chi connectivity index (χ0v) is 16.2. The normalized spacial score (nSPS) is 11.2. The van der Waals surface area contributed by atoms with E-state index >= 15 is 0 Å². The first-order chi connectivity index (χ1) is 13.3. The van der Waals surface area contributed by atoms with Gasteiger partial charge in [-0.15, -0.1) is 0 Å². The zero-order chi connectivity index (χ0) is 20.3. The SMILES string of the molecule is COc1ccc(N(C(=O)Cn2ccc(-c3ccco3)n2)S(C)(=O)=O)c(OC)n1. The van der Waals surface area contributed by atoms with Gasteiger partial charge < -0.3 is 13.9 Å². The second-order valence-electron chi connectivity index (χ2n) is 5.68. The van der Waals surface area contributed by atoms with Crippen molar-refractivity contribution in [2.75, 3.05) is 24.8 Å². The molecule has 3 aromatic rings. The Morgan fingerprint density at radius 3 is 2.61 bits per heavy atom. The van der Waals surface area contributed by atoms with Crippen LogP contribution < -0.4 is 13.8 Å². The van der Waals surface area contributed by atoms with Crippen molar-refractivity contribution in [3.63, 3.8) is 0 Å². The number of nitrogens with zero attached hydrogens (tertiary/aromatic N) is 4. The predicted octanol–water partition coefficient (Wildman–Crippen LogP) is 1.55. The number of furan rings is 1. The first-order valence-electron chi connectivity index (χ1n) is 8.03. The van der Waals surface area contributed by atoms with Crippen molar-refractivity contribution in [3.05, 3.63) is 42.8 Å². The van der Waals surface area contributed by atoms with Gasteiger partial charge in [0, 0.05) is 12.3 Å². The van der Waals surface area contributed by atoms with Crippen LogP contribution in [0.25, 0.3) is 11.5 Å². The molecular weight excluding hydrogens is 388 g/mol. The molecule has 0 unspecified atom stereocenters. The fourth-order valence-corrected chi connectivity index (χ4v) is 3.46. The Bertz CT molecular complexity index is 1080. The Labute approximate surface area is 161 Å². The Kier molecular flexibility index (Phi) is 5.36. The van der Waals surface area contributed by atoms with Crippen LogP contribution in [0.1, 0.15) is 0 Å². The van der Waals surface area contributed by atoms with E-state index in [0.29, 0.717) is 15.8 Å². The lowest BCUT2D eigenvalue weighted by Crippen LogP contribution is -2.39. The van der Waals surface area contributed by atoms with Gasteiger partial charge in [-0.3, -0.25) is 9.48 Å². The number of sulfonamides is 1. The summed E-state index contributed by atoms with van der Waals surface area (Å²) in [4.78, 5) is 16.9. The average Bonchev–Trinajstić information content (AvgIpc) is 3.32. The van der Waals surface area contributed by atoms with Crippen LogP contribution in [0.15, 0.2) is 47.2 Å². The van der Waals surface area contributed by atoms with Crippen molar-refractivity contribution < 1.29 is 27.1 Å². The highest BCUT2D eigenvalue weighted by molar-refractivity contribution is 7.92. The van der Waals surface area contributed by atoms with Crippen molar-refractivity contribution in [3.8, 4) is 23.2 Å². The molecule has 0 radical (unpaired) electrons. The third-order valence-electron chi connectivity index (χ3n) is 3.71. The molecule has 3 heterocycles. The van der Waals surface area contributed by atoms with Crippen molar-refractivity contribution in [2.24, 2.45) is 0 Å². The molecule has 0 aromatic carbocycles. The number of carbonyl (C=O) groups is 1. The predicted molar refractivity (Wildman–Crippen MR) is 99.6 cm³/mol. The molecule has 0 atom stereocenters. The van der Waals surface area contributed by atoms with Crippen LogP contribution in [0.3, 0.4) is 0 Å². The molecule has 148 valence electrons. The maximum atomic E-state index is 12.8. The lowest BCUT2D eigenvalue weighted by molar-refractivity contribution is -0.118. The number of anilines is 1. The van der Waals surface area contributed by atoms with E-state index < -0.39 is 15.9 Å². The minimum Gasteiger partial charge on any atom is -0.481 e. The molecule has 0 saturated heterocycles. The smallest absolute Gasteiger partial charge is 0.262 e. The molecule has 28 heavy (non-hydrogen) atoms. The quantitative estimate of drug-likeness (QED) is 0.580. The van der Waals surface area contributed by atoms with Crippen LogP contribution in [0.4, 0.5) is 5.69 Å². The van der Waals surface area contributed by atoms with Crippen LogP contribution in [-0.2, 0) is 21.4 Å². The number of ether oxygens (including phenoxy) is 2. The third-order valence-corrected chi connectivity index (χ3v) is 4.77. The van der Waals surface area contributed by atoms with Gasteiger partial charge in [0.1, 0.15) is 17.9 Å². The number of hydrogen-bond donors (Lipinski definition) is 0. The Balaban J connectivity index is 1.92. The van der Waals surface area contributed by atoms with Crippen LogP contribution in [0.5, 0.6) is 11.8 Å². The number of amides is 1. The number of pyridine rings is 1. The topological polar surface area (TPSA) is 117 Å². The summed E-state index contributed by atoms with van der Waals surface area (Å²) in [5.74, 6) is -0.0411. The largest absolute Gasteiger partial charge is 0.481 e. The van der Waals surface area contributed by atoms with Gasteiger partial charge in [-0.1, -0.05) is 0 Å². The highest BCUT2D eigenvalue weighted by atomic mass is 32.2. The summed E-state index contributed by atoms with van der Waals surface area (Å²) in [6.45, 7) is -0.317. The van der Waals surface area contributed by atoms with Gasteiger partial charge in [-0.05, 0) is 24.3 Å². The summed E-state index contributed by atoms with van der Waals surface area (Å²) in [6.07, 6.45) is 3.99. The Morgan fingerprint density at radius 1 is 1.21 bits per heavy atom. The molecule has 0 spiro atoms. The summed E-state index contributed by atoms with van der Waals surface area (Å²) in [7, 11) is -1.23. The second kappa shape index (κ2) is 7.72.